The van der Waals surface area contributed by atoms with Crippen molar-refractivity contribution in [2.45, 2.75) is 19.4 Å². The van der Waals surface area contributed by atoms with Gasteiger partial charge in [0.1, 0.15) is 10.5 Å². The van der Waals surface area contributed by atoms with E-state index in [-0.39, 0.29) is 11.4 Å². The number of halogens is 1. The van der Waals surface area contributed by atoms with Crippen LogP contribution in [0.25, 0.3) is 0 Å². The van der Waals surface area contributed by atoms with E-state index in [9.17, 15) is 4.79 Å². The number of hydrogen-bond donors (Lipinski definition) is 0. The lowest BCUT2D eigenvalue weighted by molar-refractivity contribution is 0.0599. The molecule has 0 saturated carbocycles. The number of hydrogen-bond acceptors (Lipinski definition) is 4. The summed E-state index contributed by atoms with van der Waals surface area (Å²) in [6.45, 7) is 4.88. The van der Waals surface area contributed by atoms with E-state index >= 15 is 0 Å². The number of nitrogens with zero attached hydrogens (tertiary/aromatic N) is 2. The SMILES string of the molecule is CC1(C)COCN1C(=O)c1ncsc1Br. The molecule has 0 bridgehead atoms. The Kier molecular flexibility index (Phi) is 2.83. The molecule has 2 rings (SSSR count). The number of carbonyl (C=O) groups is 1. The Morgan fingerprint density at radius 3 is 2.93 bits per heavy atom. The van der Waals surface area contributed by atoms with E-state index in [1.54, 1.807) is 10.4 Å². The van der Waals surface area contributed by atoms with Crippen molar-refractivity contribution in [2.75, 3.05) is 13.3 Å². The summed E-state index contributed by atoms with van der Waals surface area (Å²) in [6, 6.07) is 0. The summed E-state index contributed by atoms with van der Waals surface area (Å²) in [4.78, 5) is 17.9. The lowest BCUT2D eigenvalue weighted by Crippen LogP contribution is -2.44. The molecule has 1 amide bonds. The minimum absolute atomic E-state index is 0.0781. The van der Waals surface area contributed by atoms with Crippen LogP contribution >= 0.6 is 27.3 Å². The topological polar surface area (TPSA) is 42.4 Å². The molecule has 0 aromatic carbocycles. The van der Waals surface area contributed by atoms with Crippen LogP contribution in [-0.4, -0.2) is 34.7 Å². The Hall–Kier alpha value is -0.460. The predicted octanol–water partition coefficient (Wildman–Crippen LogP) is 2.11. The minimum atomic E-state index is -0.250. The van der Waals surface area contributed by atoms with Gasteiger partial charge in [-0.15, -0.1) is 11.3 Å². The number of carbonyl (C=O) groups excluding carboxylic acids is 1. The number of thiazole rings is 1. The fourth-order valence-electron chi connectivity index (χ4n) is 1.47. The molecule has 1 aromatic rings. The molecule has 0 N–H and O–H groups in total. The highest BCUT2D eigenvalue weighted by Crippen LogP contribution is 2.27. The van der Waals surface area contributed by atoms with Gasteiger partial charge in [0, 0.05) is 0 Å². The van der Waals surface area contributed by atoms with Crippen LogP contribution in [0.3, 0.4) is 0 Å². The molecule has 1 aliphatic heterocycles. The van der Waals surface area contributed by atoms with Crippen LogP contribution in [0, 0.1) is 0 Å². The quantitative estimate of drug-likeness (QED) is 0.796. The standard InChI is InChI=1S/C9H11BrN2O2S/c1-9(2)3-14-5-12(9)8(13)6-7(10)15-4-11-6/h4H,3,5H2,1-2H3. The third-order valence-electron chi connectivity index (χ3n) is 2.38. The second-order valence-electron chi connectivity index (χ2n) is 4.00. The van der Waals surface area contributed by atoms with Crippen LogP contribution < -0.4 is 0 Å². The summed E-state index contributed by atoms with van der Waals surface area (Å²) >= 11 is 4.73. The van der Waals surface area contributed by atoms with Gasteiger partial charge in [-0.3, -0.25) is 4.79 Å². The van der Waals surface area contributed by atoms with Gasteiger partial charge in [-0.25, -0.2) is 4.98 Å². The van der Waals surface area contributed by atoms with Gasteiger partial charge in [0.25, 0.3) is 5.91 Å². The van der Waals surface area contributed by atoms with Crippen molar-refractivity contribution in [3.63, 3.8) is 0 Å². The van der Waals surface area contributed by atoms with Crippen LogP contribution in [0.4, 0.5) is 0 Å². The average molecular weight is 291 g/mol. The van der Waals surface area contributed by atoms with Crippen molar-refractivity contribution in [3.05, 3.63) is 15.0 Å². The molecule has 2 heterocycles. The third-order valence-corrected chi connectivity index (χ3v) is 3.93. The molecular formula is C9H11BrN2O2S. The third kappa shape index (κ3) is 1.93. The van der Waals surface area contributed by atoms with E-state index in [2.05, 4.69) is 20.9 Å². The first-order chi connectivity index (χ1) is 7.02. The smallest absolute Gasteiger partial charge is 0.276 e. The molecule has 82 valence electrons. The number of rotatable bonds is 1. The fraction of sp³-hybridized carbons (Fsp3) is 0.556. The molecule has 0 radical (unpaired) electrons. The number of ether oxygens (including phenoxy) is 1. The summed E-state index contributed by atoms with van der Waals surface area (Å²) < 4.78 is 6.07. The molecule has 15 heavy (non-hydrogen) atoms. The monoisotopic (exact) mass is 290 g/mol. The van der Waals surface area contributed by atoms with Crippen molar-refractivity contribution in [2.24, 2.45) is 0 Å². The highest BCUT2D eigenvalue weighted by atomic mass is 79.9. The largest absolute Gasteiger partial charge is 0.359 e. The Labute approximate surface area is 100 Å². The van der Waals surface area contributed by atoms with E-state index in [1.807, 2.05) is 13.8 Å². The van der Waals surface area contributed by atoms with Crippen LogP contribution in [0.1, 0.15) is 24.3 Å². The van der Waals surface area contributed by atoms with Crippen LogP contribution in [0.15, 0.2) is 9.30 Å². The van der Waals surface area contributed by atoms with E-state index < -0.39 is 0 Å². The minimum Gasteiger partial charge on any atom is -0.359 e. The van der Waals surface area contributed by atoms with Gasteiger partial charge in [-0.2, -0.15) is 0 Å². The van der Waals surface area contributed by atoms with E-state index in [1.165, 1.54) is 11.3 Å². The molecule has 1 fully saturated rings. The predicted molar refractivity (Wildman–Crippen MR) is 60.9 cm³/mol. The number of amides is 1. The highest BCUT2D eigenvalue weighted by Gasteiger charge is 2.38. The maximum Gasteiger partial charge on any atom is 0.276 e. The van der Waals surface area contributed by atoms with Gasteiger partial charge >= 0.3 is 0 Å². The van der Waals surface area contributed by atoms with Crippen molar-refractivity contribution in [1.29, 1.82) is 0 Å². The van der Waals surface area contributed by atoms with Crippen molar-refractivity contribution in [3.8, 4) is 0 Å². The molecule has 0 spiro atoms. The second-order valence-corrected chi connectivity index (χ2v) is 6.17. The zero-order valence-corrected chi connectivity index (χ0v) is 10.9. The second kappa shape index (κ2) is 3.84. The first-order valence-electron chi connectivity index (χ1n) is 4.51. The van der Waals surface area contributed by atoms with Crippen LogP contribution in [0.5, 0.6) is 0 Å². The van der Waals surface area contributed by atoms with Crippen molar-refractivity contribution in [1.82, 2.24) is 9.88 Å². The summed E-state index contributed by atoms with van der Waals surface area (Å²) in [5, 5.41) is 0. The molecule has 1 aliphatic rings. The van der Waals surface area contributed by atoms with Crippen molar-refractivity contribution >= 4 is 33.2 Å². The zero-order valence-electron chi connectivity index (χ0n) is 8.49. The Bertz CT molecular complexity index is 391. The highest BCUT2D eigenvalue weighted by molar-refractivity contribution is 9.11. The first-order valence-corrected chi connectivity index (χ1v) is 6.18. The Balaban J connectivity index is 2.26. The van der Waals surface area contributed by atoms with Gasteiger partial charge in [0.15, 0.2) is 5.69 Å². The summed E-state index contributed by atoms with van der Waals surface area (Å²) in [5.41, 5.74) is 1.88. The Morgan fingerprint density at radius 1 is 1.73 bits per heavy atom. The van der Waals surface area contributed by atoms with Gasteiger partial charge in [-0.05, 0) is 29.8 Å². The fourth-order valence-corrected chi connectivity index (χ4v) is 2.50. The average Bonchev–Trinajstić information content (AvgIpc) is 2.70. The Morgan fingerprint density at radius 2 is 2.47 bits per heavy atom. The zero-order chi connectivity index (χ0) is 11.1. The molecule has 4 nitrogen and oxygen atoms in total. The summed E-state index contributed by atoms with van der Waals surface area (Å²) in [7, 11) is 0. The lowest BCUT2D eigenvalue weighted by Gasteiger charge is -2.28. The van der Waals surface area contributed by atoms with Crippen molar-refractivity contribution < 1.29 is 9.53 Å². The summed E-state index contributed by atoms with van der Waals surface area (Å²) in [6.07, 6.45) is 0. The molecule has 6 heteroatoms. The molecule has 0 atom stereocenters. The molecule has 0 unspecified atom stereocenters. The molecule has 1 aromatic heterocycles. The maximum atomic E-state index is 12.1. The lowest BCUT2D eigenvalue weighted by atomic mass is 10.1. The van der Waals surface area contributed by atoms with Gasteiger partial charge in [0.05, 0.1) is 17.7 Å². The first kappa shape index (κ1) is 11.0. The molecular weight excluding hydrogens is 280 g/mol. The maximum absolute atomic E-state index is 12.1. The van der Waals surface area contributed by atoms with Gasteiger partial charge < -0.3 is 9.64 Å². The normalized spacial score (nSPS) is 19.5. The van der Waals surface area contributed by atoms with Gasteiger partial charge in [-0.1, -0.05) is 0 Å². The van der Waals surface area contributed by atoms with E-state index in [4.69, 9.17) is 4.74 Å². The summed E-state index contributed by atoms with van der Waals surface area (Å²) in [5.74, 6) is -0.0781. The van der Waals surface area contributed by atoms with Crippen LogP contribution in [0.2, 0.25) is 0 Å². The van der Waals surface area contributed by atoms with E-state index in [0.29, 0.717) is 19.0 Å². The van der Waals surface area contributed by atoms with Gasteiger partial charge in [0.2, 0.25) is 0 Å². The van der Waals surface area contributed by atoms with E-state index in [0.717, 1.165) is 3.79 Å². The van der Waals surface area contributed by atoms with Crippen LogP contribution in [-0.2, 0) is 4.74 Å². The number of aromatic nitrogens is 1. The molecule has 1 saturated heterocycles. The molecule has 0 aliphatic carbocycles.